The Labute approximate surface area is 105 Å². The van der Waals surface area contributed by atoms with E-state index in [2.05, 4.69) is 19.3 Å². The lowest BCUT2D eigenvalue weighted by Crippen LogP contribution is -2.51. The van der Waals surface area contributed by atoms with E-state index in [4.69, 9.17) is 10.6 Å². The van der Waals surface area contributed by atoms with Gasteiger partial charge in [-0.2, -0.15) is 0 Å². The molecule has 17 heavy (non-hydrogen) atoms. The molecule has 3 nitrogen and oxygen atoms in total. The van der Waals surface area contributed by atoms with Crippen LogP contribution in [0.2, 0.25) is 0 Å². The molecule has 3 unspecified atom stereocenters. The molecular formula is C14H28N2O. The SMILES string of the molecule is CCC1CCC(C(NN)C2OCCC2C)CC1. The van der Waals surface area contributed by atoms with Gasteiger partial charge in [-0.15, -0.1) is 0 Å². The number of nitrogens with one attached hydrogen (secondary N) is 1. The summed E-state index contributed by atoms with van der Waals surface area (Å²) in [6.45, 7) is 5.51. The predicted octanol–water partition coefficient (Wildman–Crippen LogP) is 2.46. The molecule has 2 rings (SSSR count). The highest BCUT2D eigenvalue weighted by atomic mass is 16.5. The fraction of sp³-hybridized carbons (Fsp3) is 1.00. The minimum absolute atomic E-state index is 0.336. The van der Waals surface area contributed by atoms with Gasteiger partial charge in [0.05, 0.1) is 12.1 Å². The van der Waals surface area contributed by atoms with Crippen LogP contribution in [0.5, 0.6) is 0 Å². The first-order valence-electron chi connectivity index (χ1n) is 7.34. The number of hydrazine groups is 1. The number of nitrogens with two attached hydrogens (primary N) is 1. The summed E-state index contributed by atoms with van der Waals surface area (Å²) in [4.78, 5) is 0. The van der Waals surface area contributed by atoms with Crippen LogP contribution < -0.4 is 11.3 Å². The van der Waals surface area contributed by atoms with Crippen molar-refractivity contribution in [3.63, 3.8) is 0 Å². The zero-order chi connectivity index (χ0) is 12.3. The molecule has 2 aliphatic rings. The van der Waals surface area contributed by atoms with Crippen molar-refractivity contribution in [1.29, 1.82) is 0 Å². The molecule has 2 fully saturated rings. The molecule has 0 aromatic carbocycles. The summed E-state index contributed by atoms with van der Waals surface area (Å²) < 4.78 is 5.88. The highest BCUT2D eigenvalue weighted by molar-refractivity contribution is 4.90. The van der Waals surface area contributed by atoms with E-state index in [0.717, 1.165) is 12.5 Å². The molecule has 3 N–H and O–H groups in total. The van der Waals surface area contributed by atoms with E-state index in [9.17, 15) is 0 Å². The van der Waals surface area contributed by atoms with Crippen molar-refractivity contribution in [3.8, 4) is 0 Å². The van der Waals surface area contributed by atoms with Crippen molar-refractivity contribution in [1.82, 2.24) is 5.43 Å². The van der Waals surface area contributed by atoms with Gasteiger partial charge in [0, 0.05) is 6.61 Å². The second kappa shape index (κ2) is 6.17. The van der Waals surface area contributed by atoms with Gasteiger partial charge < -0.3 is 4.74 Å². The first-order valence-corrected chi connectivity index (χ1v) is 7.34. The third kappa shape index (κ3) is 3.01. The average Bonchev–Trinajstić information content (AvgIpc) is 2.78. The highest BCUT2D eigenvalue weighted by Crippen LogP contribution is 2.36. The monoisotopic (exact) mass is 240 g/mol. The zero-order valence-corrected chi connectivity index (χ0v) is 11.3. The Kier molecular flexibility index (Phi) is 4.83. The summed E-state index contributed by atoms with van der Waals surface area (Å²) in [6.07, 6.45) is 8.25. The van der Waals surface area contributed by atoms with Crippen LogP contribution in [0.25, 0.3) is 0 Å². The number of ether oxygens (including phenoxy) is 1. The first-order chi connectivity index (χ1) is 8.26. The van der Waals surface area contributed by atoms with E-state index in [-0.39, 0.29) is 0 Å². The van der Waals surface area contributed by atoms with Crippen LogP contribution >= 0.6 is 0 Å². The molecule has 0 amide bonds. The van der Waals surface area contributed by atoms with Gasteiger partial charge >= 0.3 is 0 Å². The van der Waals surface area contributed by atoms with Crippen molar-refractivity contribution in [3.05, 3.63) is 0 Å². The van der Waals surface area contributed by atoms with Gasteiger partial charge in [-0.3, -0.25) is 11.3 Å². The van der Waals surface area contributed by atoms with Crippen LogP contribution in [0.1, 0.15) is 52.4 Å². The molecule has 0 spiro atoms. The van der Waals surface area contributed by atoms with E-state index in [1.807, 2.05) is 0 Å². The van der Waals surface area contributed by atoms with Crippen molar-refractivity contribution >= 4 is 0 Å². The van der Waals surface area contributed by atoms with Gasteiger partial charge in [-0.05, 0) is 37.0 Å². The Hall–Kier alpha value is -0.120. The molecule has 1 aliphatic heterocycles. The lowest BCUT2D eigenvalue weighted by atomic mass is 9.75. The molecule has 100 valence electrons. The predicted molar refractivity (Wildman–Crippen MR) is 70.4 cm³/mol. The van der Waals surface area contributed by atoms with E-state index < -0.39 is 0 Å². The second-order valence-electron chi connectivity index (χ2n) is 5.98. The Bertz CT molecular complexity index is 226. The molecule has 1 aliphatic carbocycles. The average molecular weight is 240 g/mol. The lowest BCUT2D eigenvalue weighted by molar-refractivity contribution is 0.0296. The van der Waals surface area contributed by atoms with Crippen LogP contribution in [0.4, 0.5) is 0 Å². The van der Waals surface area contributed by atoms with Crippen LogP contribution in [-0.4, -0.2) is 18.8 Å². The summed E-state index contributed by atoms with van der Waals surface area (Å²) in [7, 11) is 0. The lowest BCUT2D eigenvalue weighted by Gasteiger charge is -2.37. The van der Waals surface area contributed by atoms with E-state index in [0.29, 0.717) is 24.0 Å². The van der Waals surface area contributed by atoms with Gasteiger partial charge in [0.15, 0.2) is 0 Å². The highest BCUT2D eigenvalue weighted by Gasteiger charge is 2.37. The molecule has 0 radical (unpaired) electrons. The number of hydrogen-bond acceptors (Lipinski definition) is 3. The first kappa shape index (κ1) is 13.3. The fourth-order valence-corrected chi connectivity index (χ4v) is 3.63. The largest absolute Gasteiger partial charge is 0.376 e. The molecular weight excluding hydrogens is 212 g/mol. The summed E-state index contributed by atoms with van der Waals surface area (Å²) in [5.74, 6) is 8.10. The van der Waals surface area contributed by atoms with Crippen molar-refractivity contribution in [2.75, 3.05) is 6.61 Å². The number of rotatable bonds is 4. The molecule has 0 bridgehead atoms. The standard InChI is InChI=1S/C14H28N2O/c1-3-11-4-6-12(7-5-11)13(16-15)14-10(2)8-9-17-14/h10-14,16H,3-9,15H2,1-2H3. The Morgan fingerprint density at radius 1 is 1.24 bits per heavy atom. The van der Waals surface area contributed by atoms with Crippen LogP contribution in [0, 0.1) is 17.8 Å². The van der Waals surface area contributed by atoms with Crippen LogP contribution in [0.3, 0.4) is 0 Å². The van der Waals surface area contributed by atoms with E-state index >= 15 is 0 Å². The minimum atomic E-state index is 0.336. The molecule has 3 atom stereocenters. The maximum Gasteiger partial charge on any atom is 0.0770 e. The fourth-order valence-electron chi connectivity index (χ4n) is 3.63. The molecule has 1 saturated heterocycles. The van der Waals surface area contributed by atoms with Gasteiger partial charge in [0.25, 0.3) is 0 Å². The smallest absolute Gasteiger partial charge is 0.0770 e. The van der Waals surface area contributed by atoms with Gasteiger partial charge in [-0.1, -0.05) is 33.1 Å². The van der Waals surface area contributed by atoms with Crippen molar-refractivity contribution < 1.29 is 4.74 Å². The van der Waals surface area contributed by atoms with Gasteiger partial charge in [0.1, 0.15) is 0 Å². The Balaban J connectivity index is 1.90. The number of hydrogen-bond donors (Lipinski definition) is 2. The molecule has 0 aromatic rings. The third-order valence-corrected chi connectivity index (χ3v) is 4.97. The Morgan fingerprint density at radius 3 is 2.41 bits per heavy atom. The summed E-state index contributed by atoms with van der Waals surface area (Å²) in [5.41, 5.74) is 3.05. The van der Waals surface area contributed by atoms with Gasteiger partial charge in [-0.25, -0.2) is 0 Å². The molecule has 0 aromatic heterocycles. The second-order valence-corrected chi connectivity index (χ2v) is 5.98. The quantitative estimate of drug-likeness (QED) is 0.586. The summed E-state index contributed by atoms with van der Waals surface area (Å²) in [6, 6.07) is 0.366. The summed E-state index contributed by atoms with van der Waals surface area (Å²) in [5, 5.41) is 0. The topological polar surface area (TPSA) is 47.3 Å². The van der Waals surface area contributed by atoms with Crippen molar-refractivity contribution in [2.45, 2.75) is 64.5 Å². The van der Waals surface area contributed by atoms with Crippen LogP contribution in [0.15, 0.2) is 0 Å². The van der Waals surface area contributed by atoms with E-state index in [1.165, 1.54) is 38.5 Å². The van der Waals surface area contributed by atoms with Crippen molar-refractivity contribution in [2.24, 2.45) is 23.6 Å². The van der Waals surface area contributed by atoms with E-state index in [1.54, 1.807) is 0 Å². The van der Waals surface area contributed by atoms with Gasteiger partial charge in [0.2, 0.25) is 0 Å². The third-order valence-electron chi connectivity index (χ3n) is 4.97. The molecule has 1 saturated carbocycles. The maximum absolute atomic E-state index is 5.88. The molecule has 1 heterocycles. The normalized spacial score (nSPS) is 40.4. The zero-order valence-electron chi connectivity index (χ0n) is 11.3. The van der Waals surface area contributed by atoms with Crippen LogP contribution in [-0.2, 0) is 4.74 Å². The summed E-state index contributed by atoms with van der Waals surface area (Å²) >= 11 is 0. The molecule has 3 heteroatoms. The maximum atomic E-state index is 5.88. The Morgan fingerprint density at radius 2 is 1.94 bits per heavy atom. The minimum Gasteiger partial charge on any atom is -0.376 e.